The van der Waals surface area contributed by atoms with Gasteiger partial charge in [-0.05, 0) is 30.4 Å². The Kier molecular flexibility index (Phi) is 4.39. The molecule has 1 aliphatic carbocycles. The van der Waals surface area contributed by atoms with Gasteiger partial charge in [0.15, 0.2) is 11.6 Å². The maximum Gasteiger partial charge on any atom is 0.227 e. The van der Waals surface area contributed by atoms with Gasteiger partial charge in [0.05, 0.1) is 5.54 Å². The second kappa shape index (κ2) is 6.84. The molecule has 2 N–H and O–H groups in total. The lowest BCUT2D eigenvalue weighted by molar-refractivity contribution is 0.0979. The Balaban J connectivity index is 1.38. The van der Waals surface area contributed by atoms with Crippen molar-refractivity contribution in [3.63, 3.8) is 0 Å². The van der Waals surface area contributed by atoms with Crippen LogP contribution < -0.4 is 5.73 Å². The normalized spacial score (nSPS) is 15.4. The van der Waals surface area contributed by atoms with Gasteiger partial charge in [0.1, 0.15) is 0 Å². The van der Waals surface area contributed by atoms with Crippen LogP contribution >= 0.6 is 0 Å². The Morgan fingerprint density at radius 3 is 2.38 bits per heavy atom. The molecule has 0 aliphatic heterocycles. The van der Waals surface area contributed by atoms with E-state index in [-0.39, 0.29) is 5.78 Å². The molecule has 3 aromatic rings. The molecule has 0 spiro atoms. The lowest BCUT2D eigenvalue weighted by atomic mass is 9.77. The number of benzene rings is 2. The standard InChI is InChI=1S/C21H21N3O2/c22-21(13-4-14-21)20-23-19(26-24-20)12-11-18(25)17-9-7-16(8-10-17)15-5-2-1-3-6-15/h1-3,5-10H,4,11-14,22H2. The molecule has 2 aromatic carbocycles. The van der Waals surface area contributed by atoms with E-state index in [0.717, 1.165) is 30.4 Å². The summed E-state index contributed by atoms with van der Waals surface area (Å²) in [6, 6.07) is 17.8. The smallest absolute Gasteiger partial charge is 0.227 e. The molecule has 0 bridgehead atoms. The predicted octanol–water partition coefficient (Wildman–Crippen LogP) is 3.89. The Hall–Kier alpha value is -2.79. The van der Waals surface area contributed by atoms with Crippen LogP contribution in [0.25, 0.3) is 11.1 Å². The van der Waals surface area contributed by atoms with Gasteiger partial charge in [-0.15, -0.1) is 0 Å². The molecule has 1 saturated carbocycles. The van der Waals surface area contributed by atoms with E-state index in [0.29, 0.717) is 30.1 Å². The molecule has 0 atom stereocenters. The quantitative estimate of drug-likeness (QED) is 0.684. The van der Waals surface area contributed by atoms with Gasteiger partial charge in [0, 0.05) is 18.4 Å². The third kappa shape index (κ3) is 3.30. The molecule has 5 heteroatoms. The van der Waals surface area contributed by atoms with E-state index in [1.54, 1.807) is 0 Å². The van der Waals surface area contributed by atoms with E-state index in [1.807, 2.05) is 42.5 Å². The van der Waals surface area contributed by atoms with Crippen molar-refractivity contribution in [3.8, 4) is 11.1 Å². The van der Waals surface area contributed by atoms with Crippen molar-refractivity contribution in [3.05, 3.63) is 71.9 Å². The molecular formula is C21H21N3O2. The van der Waals surface area contributed by atoms with Crippen LogP contribution in [0.4, 0.5) is 0 Å². The number of aryl methyl sites for hydroxylation is 1. The largest absolute Gasteiger partial charge is 0.339 e. The minimum Gasteiger partial charge on any atom is -0.339 e. The zero-order chi connectivity index (χ0) is 18.0. The minimum absolute atomic E-state index is 0.0652. The molecule has 4 rings (SSSR count). The maximum absolute atomic E-state index is 12.4. The number of rotatable bonds is 6. The monoisotopic (exact) mass is 347 g/mol. The highest BCUT2D eigenvalue weighted by molar-refractivity contribution is 5.96. The van der Waals surface area contributed by atoms with E-state index in [4.69, 9.17) is 10.3 Å². The molecule has 0 radical (unpaired) electrons. The van der Waals surface area contributed by atoms with E-state index in [1.165, 1.54) is 0 Å². The fourth-order valence-electron chi connectivity index (χ4n) is 3.18. The molecule has 26 heavy (non-hydrogen) atoms. The highest BCUT2D eigenvalue weighted by atomic mass is 16.5. The topological polar surface area (TPSA) is 82.0 Å². The van der Waals surface area contributed by atoms with Crippen molar-refractivity contribution in [2.24, 2.45) is 5.73 Å². The lowest BCUT2D eigenvalue weighted by Gasteiger charge is -2.34. The number of hydrogen-bond donors (Lipinski definition) is 1. The highest BCUT2D eigenvalue weighted by Crippen LogP contribution is 2.36. The van der Waals surface area contributed by atoms with Gasteiger partial charge < -0.3 is 10.3 Å². The van der Waals surface area contributed by atoms with E-state index >= 15 is 0 Å². The number of aromatic nitrogens is 2. The summed E-state index contributed by atoms with van der Waals surface area (Å²) in [4.78, 5) is 16.8. The summed E-state index contributed by atoms with van der Waals surface area (Å²) in [5, 5.41) is 3.98. The number of carbonyl (C=O) groups excluding carboxylic acids is 1. The number of nitrogens with two attached hydrogens (primary N) is 1. The van der Waals surface area contributed by atoms with Crippen LogP contribution in [0, 0.1) is 0 Å². The molecule has 1 fully saturated rings. The van der Waals surface area contributed by atoms with Crippen LogP contribution in [-0.4, -0.2) is 15.9 Å². The van der Waals surface area contributed by atoms with Gasteiger partial charge in [-0.1, -0.05) is 59.8 Å². The number of hydrogen-bond acceptors (Lipinski definition) is 5. The Morgan fingerprint density at radius 1 is 1.04 bits per heavy atom. The van der Waals surface area contributed by atoms with Gasteiger partial charge in [0.2, 0.25) is 5.89 Å². The summed E-state index contributed by atoms with van der Waals surface area (Å²) in [6.45, 7) is 0. The van der Waals surface area contributed by atoms with Crippen molar-refractivity contribution >= 4 is 5.78 Å². The van der Waals surface area contributed by atoms with Crippen LogP contribution in [0.15, 0.2) is 59.1 Å². The van der Waals surface area contributed by atoms with Gasteiger partial charge in [-0.25, -0.2) is 0 Å². The van der Waals surface area contributed by atoms with Gasteiger partial charge in [-0.3, -0.25) is 4.79 Å². The molecular weight excluding hydrogens is 326 g/mol. The minimum atomic E-state index is -0.432. The molecule has 0 saturated heterocycles. The zero-order valence-corrected chi connectivity index (χ0v) is 14.5. The molecule has 5 nitrogen and oxygen atoms in total. The first-order valence-corrected chi connectivity index (χ1v) is 8.95. The first-order valence-electron chi connectivity index (χ1n) is 8.95. The summed E-state index contributed by atoms with van der Waals surface area (Å²) in [5.41, 5.74) is 8.69. The number of ketones is 1. The number of nitrogens with zero attached hydrogens (tertiary/aromatic N) is 2. The molecule has 0 amide bonds. The second-order valence-electron chi connectivity index (χ2n) is 6.89. The number of carbonyl (C=O) groups is 1. The van der Waals surface area contributed by atoms with Crippen LogP contribution in [-0.2, 0) is 12.0 Å². The SMILES string of the molecule is NC1(c2noc(CCC(=O)c3ccc(-c4ccccc4)cc3)n2)CCC1. The van der Waals surface area contributed by atoms with Crippen LogP contribution in [0.5, 0.6) is 0 Å². The van der Waals surface area contributed by atoms with Crippen LogP contribution in [0.3, 0.4) is 0 Å². The summed E-state index contributed by atoms with van der Waals surface area (Å²) in [7, 11) is 0. The van der Waals surface area contributed by atoms with Crippen LogP contribution in [0.2, 0.25) is 0 Å². The third-order valence-corrected chi connectivity index (χ3v) is 5.04. The molecule has 1 heterocycles. The van der Waals surface area contributed by atoms with Crippen molar-refractivity contribution in [1.29, 1.82) is 0 Å². The summed E-state index contributed by atoms with van der Waals surface area (Å²) < 4.78 is 5.26. The first kappa shape index (κ1) is 16.7. The summed E-state index contributed by atoms with van der Waals surface area (Å²) >= 11 is 0. The van der Waals surface area contributed by atoms with Gasteiger partial charge in [0.25, 0.3) is 0 Å². The average molecular weight is 347 g/mol. The zero-order valence-electron chi connectivity index (χ0n) is 14.5. The van der Waals surface area contributed by atoms with E-state index < -0.39 is 5.54 Å². The average Bonchev–Trinajstić information content (AvgIpc) is 3.14. The van der Waals surface area contributed by atoms with Crippen LogP contribution in [0.1, 0.15) is 47.8 Å². The van der Waals surface area contributed by atoms with E-state index in [2.05, 4.69) is 22.3 Å². The van der Waals surface area contributed by atoms with Crippen molar-refractivity contribution in [2.45, 2.75) is 37.6 Å². The predicted molar refractivity (Wildman–Crippen MR) is 98.5 cm³/mol. The first-order chi connectivity index (χ1) is 12.6. The molecule has 1 aromatic heterocycles. The lowest BCUT2D eigenvalue weighted by Crippen LogP contribution is -2.44. The van der Waals surface area contributed by atoms with Crippen molar-refractivity contribution in [2.75, 3.05) is 0 Å². The fraction of sp³-hybridized carbons (Fsp3) is 0.286. The van der Waals surface area contributed by atoms with Crippen molar-refractivity contribution < 1.29 is 9.32 Å². The second-order valence-corrected chi connectivity index (χ2v) is 6.89. The summed E-state index contributed by atoms with van der Waals surface area (Å²) in [6.07, 6.45) is 3.64. The Bertz CT molecular complexity index is 897. The van der Waals surface area contributed by atoms with E-state index in [9.17, 15) is 4.79 Å². The number of Topliss-reactive ketones (excluding diaryl/α,β-unsaturated/α-hetero) is 1. The Morgan fingerprint density at radius 2 is 1.73 bits per heavy atom. The molecule has 0 unspecified atom stereocenters. The summed E-state index contributed by atoms with van der Waals surface area (Å²) in [5.74, 6) is 1.11. The maximum atomic E-state index is 12.4. The molecule has 132 valence electrons. The molecule has 1 aliphatic rings. The van der Waals surface area contributed by atoms with Gasteiger partial charge in [-0.2, -0.15) is 4.98 Å². The third-order valence-electron chi connectivity index (χ3n) is 5.04. The highest BCUT2D eigenvalue weighted by Gasteiger charge is 2.38. The van der Waals surface area contributed by atoms with Crippen molar-refractivity contribution in [1.82, 2.24) is 10.1 Å². The fourth-order valence-corrected chi connectivity index (χ4v) is 3.18. The van der Waals surface area contributed by atoms with Gasteiger partial charge >= 0.3 is 0 Å². The Labute approximate surface area is 152 Å².